The predicted octanol–water partition coefficient (Wildman–Crippen LogP) is 3.81. The molecule has 0 saturated carbocycles. The van der Waals surface area contributed by atoms with E-state index in [4.69, 9.17) is 9.84 Å². The maximum Gasteiger partial charge on any atom is 0.335 e. The highest BCUT2D eigenvalue weighted by molar-refractivity contribution is 9.10. The molecule has 0 aliphatic rings. The summed E-state index contributed by atoms with van der Waals surface area (Å²) in [7, 11) is 1.65. The maximum atomic E-state index is 10.9. The van der Waals surface area contributed by atoms with Gasteiger partial charge in [0.1, 0.15) is 5.75 Å². The number of halogens is 1. The van der Waals surface area contributed by atoms with Crippen molar-refractivity contribution in [2.75, 3.05) is 19.0 Å². The molecule has 2 N–H and O–H groups in total. The molecule has 0 unspecified atom stereocenters. The summed E-state index contributed by atoms with van der Waals surface area (Å²) in [5, 5.41) is 12.2. The third-order valence-electron chi connectivity index (χ3n) is 3.08. The highest BCUT2D eigenvalue weighted by Gasteiger charge is 2.06. The van der Waals surface area contributed by atoms with Gasteiger partial charge in [0.05, 0.1) is 12.7 Å². The van der Waals surface area contributed by atoms with E-state index in [0.29, 0.717) is 0 Å². The number of hydrogen-bond acceptors (Lipinski definition) is 3. The molecule has 0 atom stereocenters. The highest BCUT2D eigenvalue weighted by atomic mass is 79.9. The fourth-order valence-corrected chi connectivity index (χ4v) is 2.48. The normalized spacial score (nSPS) is 10.2. The van der Waals surface area contributed by atoms with Gasteiger partial charge in [-0.15, -0.1) is 0 Å². The lowest BCUT2D eigenvalue weighted by Crippen LogP contribution is -2.06. The zero-order valence-corrected chi connectivity index (χ0v) is 13.2. The van der Waals surface area contributed by atoms with Crippen LogP contribution in [0, 0.1) is 0 Å². The summed E-state index contributed by atoms with van der Waals surface area (Å²) in [4.78, 5) is 10.9. The minimum Gasteiger partial charge on any atom is -0.497 e. The molecule has 0 bridgehead atoms. The van der Waals surface area contributed by atoms with Crippen LogP contribution in [0.4, 0.5) is 5.69 Å². The smallest absolute Gasteiger partial charge is 0.335 e. The van der Waals surface area contributed by atoms with Gasteiger partial charge in [0.15, 0.2) is 0 Å². The first-order valence-electron chi connectivity index (χ1n) is 6.50. The Kier molecular flexibility index (Phi) is 5.22. The average Bonchev–Trinajstić information content (AvgIpc) is 2.49. The average molecular weight is 350 g/mol. The standard InChI is InChI=1S/C16H16BrNO3/c1-21-13-4-2-3-11(9-13)7-8-18-15-6-5-12(16(19)20)10-14(15)17/h2-6,9-10,18H,7-8H2,1H3,(H,19,20). The third kappa shape index (κ3) is 4.23. The first-order valence-corrected chi connectivity index (χ1v) is 7.29. The molecule has 0 aliphatic carbocycles. The van der Waals surface area contributed by atoms with Crippen LogP contribution in [0.15, 0.2) is 46.9 Å². The number of carbonyl (C=O) groups is 1. The molecular formula is C16H16BrNO3. The lowest BCUT2D eigenvalue weighted by molar-refractivity contribution is 0.0697. The van der Waals surface area contributed by atoms with Crippen LogP contribution in [-0.2, 0) is 6.42 Å². The lowest BCUT2D eigenvalue weighted by atomic mass is 10.1. The van der Waals surface area contributed by atoms with Gasteiger partial charge < -0.3 is 15.2 Å². The number of benzene rings is 2. The largest absolute Gasteiger partial charge is 0.497 e. The van der Waals surface area contributed by atoms with Crippen molar-refractivity contribution in [3.8, 4) is 5.75 Å². The topological polar surface area (TPSA) is 58.6 Å². The van der Waals surface area contributed by atoms with Gasteiger partial charge >= 0.3 is 5.97 Å². The van der Waals surface area contributed by atoms with E-state index in [1.807, 2.05) is 24.3 Å². The first-order chi connectivity index (χ1) is 10.1. The second kappa shape index (κ2) is 7.13. The molecule has 0 aliphatic heterocycles. The SMILES string of the molecule is COc1cccc(CCNc2ccc(C(=O)O)cc2Br)c1. The molecule has 2 aromatic carbocycles. The number of rotatable bonds is 6. The maximum absolute atomic E-state index is 10.9. The lowest BCUT2D eigenvalue weighted by Gasteiger charge is -2.10. The molecule has 21 heavy (non-hydrogen) atoms. The van der Waals surface area contributed by atoms with Crippen molar-refractivity contribution in [2.45, 2.75) is 6.42 Å². The molecule has 0 spiro atoms. The molecule has 0 aromatic heterocycles. The summed E-state index contributed by atoms with van der Waals surface area (Å²) in [6.45, 7) is 0.748. The molecule has 5 heteroatoms. The van der Waals surface area contributed by atoms with Gasteiger partial charge in [0.2, 0.25) is 0 Å². The number of anilines is 1. The van der Waals surface area contributed by atoms with Crippen molar-refractivity contribution in [2.24, 2.45) is 0 Å². The van der Waals surface area contributed by atoms with Crippen molar-refractivity contribution in [1.29, 1.82) is 0 Å². The Bertz CT molecular complexity index is 643. The van der Waals surface area contributed by atoms with Gasteiger partial charge in [0.25, 0.3) is 0 Å². The van der Waals surface area contributed by atoms with Crippen LogP contribution in [-0.4, -0.2) is 24.7 Å². The van der Waals surface area contributed by atoms with E-state index in [-0.39, 0.29) is 5.56 Å². The number of nitrogens with one attached hydrogen (secondary N) is 1. The quantitative estimate of drug-likeness (QED) is 0.832. The monoisotopic (exact) mass is 349 g/mol. The van der Waals surface area contributed by atoms with Crippen LogP contribution in [0.2, 0.25) is 0 Å². The van der Waals surface area contributed by atoms with Crippen LogP contribution in [0.1, 0.15) is 15.9 Å². The summed E-state index contributed by atoms with van der Waals surface area (Å²) in [5.74, 6) is -0.0851. The van der Waals surface area contributed by atoms with Gasteiger partial charge in [-0.3, -0.25) is 0 Å². The third-order valence-corrected chi connectivity index (χ3v) is 3.74. The number of carboxylic acid groups (broad SMARTS) is 1. The predicted molar refractivity (Wildman–Crippen MR) is 86.3 cm³/mol. The summed E-state index contributed by atoms with van der Waals surface area (Å²) >= 11 is 3.38. The van der Waals surface area contributed by atoms with Crippen molar-refractivity contribution in [3.05, 3.63) is 58.1 Å². The number of carboxylic acids is 1. The summed E-state index contributed by atoms with van der Waals surface area (Å²) in [6.07, 6.45) is 0.852. The van der Waals surface area contributed by atoms with Gasteiger partial charge in [-0.1, -0.05) is 12.1 Å². The molecule has 4 nitrogen and oxygen atoms in total. The Morgan fingerprint density at radius 3 is 2.76 bits per heavy atom. The van der Waals surface area contributed by atoms with E-state index in [2.05, 4.69) is 21.2 Å². The molecule has 0 saturated heterocycles. The molecular weight excluding hydrogens is 334 g/mol. The zero-order valence-electron chi connectivity index (χ0n) is 11.6. The molecule has 0 amide bonds. The fraction of sp³-hybridized carbons (Fsp3) is 0.188. The van der Waals surface area contributed by atoms with Crippen molar-refractivity contribution >= 4 is 27.6 Å². The van der Waals surface area contributed by atoms with E-state index in [9.17, 15) is 4.79 Å². The molecule has 110 valence electrons. The van der Waals surface area contributed by atoms with Crippen LogP contribution in [0.3, 0.4) is 0 Å². The van der Waals surface area contributed by atoms with Crippen molar-refractivity contribution in [1.82, 2.24) is 0 Å². The molecule has 0 heterocycles. The molecule has 0 fully saturated rings. The number of ether oxygens (including phenoxy) is 1. The van der Waals surface area contributed by atoms with E-state index < -0.39 is 5.97 Å². The van der Waals surface area contributed by atoms with Crippen LogP contribution in [0.5, 0.6) is 5.75 Å². The highest BCUT2D eigenvalue weighted by Crippen LogP contribution is 2.23. The minimum absolute atomic E-state index is 0.264. The number of aromatic carboxylic acids is 1. The zero-order chi connectivity index (χ0) is 15.2. The van der Waals surface area contributed by atoms with E-state index >= 15 is 0 Å². The Morgan fingerprint density at radius 1 is 1.29 bits per heavy atom. The van der Waals surface area contributed by atoms with Crippen LogP contribution in [0.25, 0.3) is 0 Å². The molecule has 2 rings (SSSR count). The van der Waals surface area contributed by atoms with Gasteiger partial charge in [-0.2, -0.15) is 0 Å². The van der Waals surface area contributed by atoms with Gasteiger partial charge in [-0.05, 0) is 58.2 Å². The van der Waals surface area contributed by atoms with E-state index in [0.717, 1.165) is 28.9 Å². The van der Waals surface area contributed by atoms with E-state index in [1.165, 1.54) is 5.56 Å². The Balaban J connectivity index is 1.95. The minimum atomic E-state index is -0.932. The molecule has 0 radical (unpaired) electrons. The second-order valence-corrected chi connectivity index (χ2v) is 5.38. The van der Waals surface area contributed by atoms with Gasteiger partial charge in [0, 0.05) is 16.7 Å². The molecule has 2 aromatic rings. The summed E-state index contributed by atoms with van der Waals surface area (Å²) in [6, 6.07) is 12.9. The second-order valence-electron chi connectivity index (χ2n) is 4.53. The van der Waals surface area contributed by atoms with E-state index in [1.54, 1.807) is 25.3 Å². The van der Waals surface area contributed by atoms with Gasteiger partial charge in [-0.25, -0.2) is 4.79 Å². The number of hydrogen-bond donors (Lipinski definition) is 2. The summed E-state index contributed by atoms with van der Waals surface area (Å²) < 4.78 is 5.93. The Labute approximate surface area is 131 Å². The Morgan fingerprint density at radius 2 is 2.10 bits per heavy atom. The van der Waals surface area contributed by atoms with Crippen LogP contribution < -0.4 is 10.1 Å². The fourth-order valence-electron chi connectivity index (χ4n) is 1.96. The van der Waals surface area contributed by atoms with Crippen LogP contribution >= 0.6 is 15.9 Å². The first kappa shape index (κ1) is 15.4. The Hall–Kier alpha value is -2.01. The summed E-state index contributed by atoms with van der Waals surface area (Å²) in [5.41, 5.74) is 2.32. The van der Waals surface area contributed by atoms with Crippen molar-refractivity contribution in [3.63, 3.8) is 0 Å². The van der Waals surface area contributed by atoms with Crippen molar-refractivity contribution < 1.29 is 14.6 Å². The number of methoxy groups -OCH3 is 1.